The van der Waals surface area contributed by atoms with Gasteiger partial charge in [-0.25, -0.2) is 0 Å². The first-order chi connectivity index (χ1) is 8.11. The molecule has 0 radical (unpaired) electrons. The zero-order valence-electron chi connectivity index (χ0n) is 10.5. The summed E-state index contributed by atoms with van der Waals surface area (Å²) in [4.78, 5) is 0. The van der Waals surface area contributed by atoms with E-state index >= 15 is 0 Å². The molecule has 1 aromatic rings. The Balaban J connectivity index is 1.98. The molecule has 2 nitrogen and oxygen atoms in total. The van der Waals surface area contributed by atoms with Crippen molar-refractivity contribution in [1.29, 1.82) is 0 Å². The maximum absolute atomic E-state index is 10.3. The predicted molar refractivity (Wildman–Crippen MR) is 68.6 cm³/mol. The van der Waals surface area contributed by atoms with Crippen LogP contribution in [0.25, 0.3) is 0 Å². The van der Waals surface area contributed by atoms with Crippen LogP contribution in [0.5, 0.6) is 0 Å². The summed E-state index contributed by atoms with van der Waals surface area (Å²) in [5.74, 6) is 0.0977. The van der Waals surface area contributed by atoms with Crippen LogP contribution < -0.4 is 0 Å². The highest BCUT2D eigenvalue weighted by Gasteiger charge is 2.34. The van der Waals surface area contributed by atoms with E-state index in [1.807, 2.05) is 37.3 Å². The second-order valence-electron chi connectivity index (χ2n) is 5.47. The lowest BCUT2D eigenvalue weighted by atomic mass is 9.85. The van der Waals surface area contributed by atoms with E-state index in [1.54, 1.807) is 0 Å². The van der Waals surface area contributed by atoms with Crippen molar-refractivity contribution in [3.63, 3.8) is 0 Å². The SMILES string of the molecule is CC(CC1(O)CCCC1)C(O)c1ccccc1. The van der Waals surface area contributed by atoms with E-state index in [4.69, 9.17) is 0 Å². The molecular weight excluding hydrogens is 212 g/mol. The van der Waals surface area contributed by atoms with Crippen molar-refractivity contribution in [2.24, 2.45) is 5.92 Å². The van der Waals surface area contributed by atoms with Crippen LogP contribution in [0.3, 0.4) is 0 Å². The van der Waals surface area contributed by atoms with E-state index in [0.717, 1.165) is 31.2 Å². The van der Waals surface area contributed by atoms with Crippen LogP contribution in [0.15, 0.2) is 30.3 Å². The average molecular weight is 234 g/mol. The molecule has 0 heterocycles. The number of aliphatic hydroxyl groups is 2. The molecule has 1 fully saturated rings. The molecule has 0 aliphatic heterocycles. The fourth-order valence-corrected chi connectivity index (χ4v) is 2.93. The zero-order chi connectivity index (χ0) is 12.3. The lowest BCUT2D eigenvalue weighted by molar-refractivity contribution is -0.00352. The van der Waals surface area contributed by atoms with Crippen molar-refractivity contribution in [3.8, 4) is 0 Å². The molecule has 2 N–H and O–H groups in total. The first-order valence-corrected chi connectivity index (χ1v) is 6.56. The van der Waals surface area contributed by atoms with Crippen LogP contribution in [0.2, 0.25) is 0 Å². The van der Waals surface area contributed by atoms with E-state index in [0.29, 0.717) is 6.42 Å². The molecule has 0 bridgehead atoms. The quantitative estimate of drug-likeness (QED) is 0.840. The lowest BCUT2D eigenvalue weighted by Gasteiger charge is -2.28. The van der Waals surface area contributed by atoms with E-state index in [1.165, 1.54) is 0 Å². The molecule has 1 aromatic carbocycles. The third-order valence-corrected chi connectivity index (χ3v) is 3.92. The minimum Gasteiger partial charge on any atom is -0.390 e. The van der Waals surface area contributed by atoms with Crippen LogP contribution in [0, 0.1) is 5.92 Å². The molecule has 2 atom stereocenters. The van der Waals surface area contributed by atoms with Crippen molar-refractivity contribution in [3.05, 3.63) is 35.9 Å². The van der Waals surface area contributed by atoms with Gasteiger partial charge in [0.1, 0.15) is 0 Å². The number of hydrogen-bond donors (Lipinski definition) is 2. The van der Waals surface area contributed by atoms with Gasteiger partial charge in [0.25, 0.3) is 0 Å². The molecular formula is C15H22O2. The second-order valence-corrected chi connectivity index (χ2v) is 5.47. The normalized spacial score (nSPS) is 22.3. The van der Waals surface area contributed by atoms with Crippen LogP contribution in [0.1, 0.15) is 50.7 Å². The van der Waals surface area contributed by atoms with Crippen molar-refractivity contribution in [1.82, 2.24) is 0 Å². The summed E-state index contributed by atoms with van der Waals surface area (Å²) in [7, 11) is 0. The van der Waals surface area contributed by atoms with Gasteiger partial charge < -0.3 is 10.2 Å². The maximum atomic E-state index is 10.3. The molecule has 0 spiro atoms. The molecule has 2 rings (SSSR count). The highest BCUT2D eigenvalue weighted by Crippen LogP contribution is 2.38. The van der Waals surface area contributed by atoms with Gasteiger partial charge in [-0.3, -0.25) is 0 Å². The number of hydrogen-bond acceptors (Lipinski definition) is 2. The van der Waals surface area contributed by atoms with Gasteiger partial charge in [0.2, 0.25) is 0 Å². The zero-order valence-corrected chi connectivity index (χ0v) is 10.5. The molecule has 2 unspecified atom stereocenters. The monoisotopic (exact) mass is 234 g/mol. The highest BCUT2D eigenvalue weighted by molar-refractivity contribution is 5.18. The standard InChI is InChI=1S/C15H22O2/c1-12(11-15(17)9-5-6-10-15)14(16)13-7-3-2-4-8-13/h2-4,7-8,12,14,16-17H,5-6,9-11H2,1H3. The first kappa shape index (κ1) is 12.6. The minimum atomic E-state index is -0.533. The Labute approximate surface area is 103 Å². The number of benzene rings is 1. The van der Waals surface area contributed by atoms with Crippen LogP contribution in [-0.4, -0.2) is 15.8 Å². The summed E-state index contributed by atoms with van der Waals surface area (Å²) < 4.78 is 0. The summed E-state index contributed by atoms with van der Waals surface area (Å²) in [6, 6.07) is 9.72. The summed E-state index contributed by atoms with van der Waals surface area (Å²) in [5.41, 5.74) is 0.413. The van der Waals surface area contributed by atoms with Gasteiger partial charge in [0, 0.05) is 0 Å². The van der Waals surface area contributed by atoms with Crippen molar-refractivity contribution in [2.75, 3.05) is 0 Å². The largest absolute Gasteiger partial charge is 0.390 e. The van der Waals surface area contributed by atoms with Gasteiger partial charge in [0.05, 0.1) is 11.7 Å². The molecule has 17 heavy (non-hydrogen) atoms. The van der Waals surface area contributed by atoms with Gasteiger partial charge in [0.15, 0.2) is 0 Å². The smallest absolute Gasteiger partial charge is 0.0816 e. The Morgan fingerprint density at radius 3 is 2.35 bits per heavy atom. The Hall–Kier alpha value is -0.860. The second kappa shape index (κ2) is 5.19. The maximum Gasteiger partial charge on any atom is 0.0816 e. The third-order valence-electron chi connectivity index (χ3n) is 3.92. The predicted octanol–water partition coefficient (Wildman–Crippen LogP) is 3.05. The van der Waals surface area contributed by atoms with Crippen LogP contribution in [0.4, 0.5) is 0 Å². The Kier molecular flexibility index (Phi) is 3.85. The topological polar surface area (TPSA) is 40.5 Å². The molecule has 0 amide bonds. The summed E-state index contributed by atoms with van der Waals surface area (Å²) >= 11 is 0. The fourth-order valence-electron chi connectivity index (χ4n) is 2.93. The van der Waals surface area contributed by atoms with Crippen molar-refractivity contribution < 1.29 is 10.2 Å². The Bertz CT molecular complexity index is 341. The molecule has 2 heteroatoms. The van der Waals surface area contributed by atoms with Gasteiger partial charge in [-0.1, -0.05) is 50.1 Å². The lowest BCUT2D eigenvalue weighted by Crippen LogP contribution is -2.29. The fraction of sp³-hybridized carbons (Fsp3) is 0.600. The van der Waals surface area contributed by atoms with Gasteiger partial charge in [-0.15, -0.1) is 0 Å². The molecule has 94 valence electrons. The molecule has 0 aromatic heterocycles. The highest BCUT2D eigenvalue weighted by atomic mass is 16.3. The van der Waals surface area contributed by atoms with E-state index < -0.39 is 11.7 Å². The summed E-state index contributed by atoms with van der Waals surface area (Å²) in [5, 5.41) is 20.6. The molecule has 0 saturated heterocycles. The third kappa shape index (κ3) is 3.08. The summed E-state index contributed by atoms with van der Waals surface area (Å²) in [6.07, 6.45) is 4.23. The molecule has 1 aliphatic rings. The van der Waals surface area contributed by atoms with Gasteiger partial charge in [-0.2, -0.15) is 0 Å². The van der Waals surface area contributed by atoms with Crippen LogP contribution in [-0.2, 0) is 0 Å². The Morgan fingerprint density at radius 2 is 1.76 bits per heavy atom. The number of aliphatic hydroxyl groups excluding tert-OH is 1. The van der Waals surface area contributed by atoms with Crippen molar-refractivity contribution in [2.45, 2.75) is 50.7 Å². The van der Waals surface area contributed by atoms with Gasteiger partial charge in [-0.05, 0) is 30.7 Å². The van der Waals surface area contributed by atoms with Gasteiger partial charge >= 0.3 is 0 Å². The van der Waals surface area contributed by atoms with E-state index in [9.17, 15) is 10.2 Å². The van der Waals surface area contributed by atoms with Crippen LogP contribution >= 0.6 is 0 Å². The van der Waals surface area contributed by atoms with E-state index in [2.05, 4.69) is 0 Å². The number of rotatable bonds is 4. The Morgan fingerprint density at radius 1 is 1.18 bits per heavy atom. The average Bonchev–Trinajstić information content (AvgIpc) is 2.76. The molecule has 1 saturated carbocycles. The minimum absolute atomic E-state index is 0.0977. The molecule has 1 aliphatic carbocycles. The first-order valence-electron chi connectivity index (χ1n) is 6.56. The summed E-state index contributed by atoms with van der Waals surface area (Å²) in [6.45, 7) is 2.02. The van der Waals surface area contributed by atoms with E-state index in [-0.39, 0.29) is 5.92 Å². The van der Waals surface area contributed by atoms with Crippen molar-refractivity contribution >= 4 is 0 Å².